The number of hydrogen-bond donors (Lipinski definition) is 2. The van der Waals surface area contributed by atoms with E-state index < -0.39 is 10.0 Å². The number of aromatic amines is 1. The van der Waals surface area contributed by atoms with Crippen molar-refractivity contribution in [1.82, 2.24) is 14.6 Å². The van der Waals surface area contributed by atoms with E-state index in [0.717, 1.165) is 10.9 Å². The lowest BCUT2D eigenvalue weighted by molar-refractivity contribution is -0.0440. The minimum atomic E-state index is -3.73. The maximum atomic E-state index is 13.3. The van der Waals surface area contributed by atoms with Crippen LogP contribution >= 0.6 is 0 Å². The first-order valence-electron chi connectivity index (χ1n) is 10.5. The van der Waals surface area contributed by atoms with E-state index in [4.69, 9.17) is 4.74 Å². The van der Waals surface area contributed by atoms with Gasteiger partial charge in [0.25, 0.3) is 5.91 Å². The lowest BCUT2D eigenvalue weighted by Gasteiger charge is -2.34. The highest BCUT2D eigenvalue weighted by Gasteiger charge is 2.32. The van der Waals surface area contributed by atoms with Crippen LogP contribution in [0.3, 0.4) is 0 Å². The number of sulfonamides is 1. The molecule has 9 heteroatoms. The number of nitrogens with zero attached hydrogens (tertiary/aromatic N) is 1. The number of halogens is 1. The highest BCUT2D eigenvalue weighted by Crippen LogP contribution is 2.22. The zero-order valence-corrected chi connectivity index (χ0v) is 18.8. The number of hydrogen-bond acceptors (Lipinski definition) is 4. The fourth-order valence-electron chi connectivity index (χ4n) is 4.05. The summed E-state index contributed by atoms with van der Waals surface area (Å²) in [6.07, 6.45) is 1.97. The Bertz CT molecular complexity index is 1230. The average Bonchev–Trinajstić information content (AvgIpc) is 3.15. The Hall–Kier alpha value is -2.75. The molecule has 1 aromatic heterocycles. The van der Waals surface area contributed by atoms with Crippen molar-refractivity contribution in [2.24, 2.45) is 0 Å². The minimum absolute atomic E-state index is 0.0881. The topological polar surface area (TPSA) is 91.5 Å². The fourth-order valence-corrected chi connectivity index (χ4v) is 5.69. The Labute approximate surface area is 186 Å². The summed E-state index contributed by atoms with van der Waals surface area (Å²) in [6.45, 7) is 4.59. The summed E-state index contributed by atoms with van der Waals surface area (Å²) in [4.78, 5) is 15.8. The van der Waals surface area contributed by atoms with Crippen LogP contribution in [0.1, 0.15) is 29.8 Å². The summed E-state index contributed by atoms with van der Waals surface area (Å²) in [7, 11) is -3.73. The number of aromatic nitrogens is 1. The van der Waals surface area contributed by atoms with Crippen LogP contribution in [-0.4, -0.2) is 55.5 Å². The van der Waals surface area contributed by atoms with E-state index in [0.29, 0.717) is 18.5 Å². The monoisotopic (exact) mass is 459 g/mol. The molecule has 2 heterocycles. The second-order valence-corrected chi connectivity index (χ2v) is 10.1. The maximum absolute atomic E-state index is 13.3. The van der Waals surface area contributed by atoms with E-state index in [1.54, 1.807) is 24.4 Å². The molecule has 1 fully saturated rings. The van der Waals surface area contributed by atoms with Gasteiger partial charge in [0, 0.05) is 42.3 Å². The molecule has 0 saturated carbocycles. The normalized spacial score (nSPS) is 19.8. The predicted octanol–water partition coefficient (Wildman–Crippen LogP) is 3.08. The molecular formula is C23H26FN3O4S. The molecule has 1 amide bonds. The Morgan fingerprint density at radius 3 is 2.69 bits per heavy atom. The van der Waals surface area contributed by atoms with E-state index in [2.05, 4.69) is 10.3 Å². The molecule has 2 atom stereocenters. The van der Waals surface area contributed by atoms with Gasteiger partial charge in [-0.1, -0.05) is 6.07 Å². The molecule has 32 heavy (non-hydrogen) atoms. The van der Waals surface area contributed by atoms with Crippen molar-refractivity contribution in [3.05, 3.63) is 65.6 Å². The van der Waals surface area contributed by atoms with Crippen LogP contribution in [0.4, 0.5) is 4.39 Å². The highest BCUT2D eigenvalue weighted by molar-refractivity contribution is 7.89. The van der Waals surface area contributed by atoms with Crippen LogP contribution in [0.25, 0.3) is 10.9 Å². The molecule has 2 aromatic carbocycles. The van der Waals surface area contributed by atoms with E-state index in [1.165, 1.54) is 28.6 Å². The van der Waals surface area contributed by atoms with Gasteiger partial charge < -0.3 is 15.0 Å². The standard InChI is InChI=1S/C23H26FN3O4S/c1-15-13-27(14-16(2)31-15)32(29,30)20-5-3-4-17(10-20)23(28)25-9-8-18-12-26-22-11-19(24)6-7-21(18)22/h3-7,10-12,15-16,26H,8-9,13-14H2,1-2H3,(H,25,28). The SMILES string of the molecule is CC1CN(S(=O)(=O)c2cccc(C(=O)NCCc3c[nH]c4cc(F)ccc34)c2)CC(C)O1. The molecule has 4 rings (SSSR count). The zero-order chi connectivity index (χ0) is 22.9. The van der Waals surface area contributed by atoms with Crippen molar-refractivity contribution >= 4 is 26.8 Å². The molecule has 7 nitrogen and oxygen atoms in total. The van der Waals surface area contributed by atoms with E-state index in [-0.39, 0.29) is 47.5 Å². The highest BCUT2D eigenvalue weighted by atomic mass is 32.2. The molecule has 2 unspecified atom stereocenters. The fraction of sp³-hybridized carbons (Fsp3) is 0.348. The second kappa shape index (κ2) is 9.01. The number of amides is 1. The first-order chi connectivity index (χ1) is 15.2. The van der Waals surface area contributed by atoms with Gasteiger partial charge in [-0.2, -0.15) is 4.31 Å². The zero-order valence-electron chi connectivity index (χ0n) is 18.0. The van der Waals surface area contributed by atoms with Crippen LogP contribution in [-0.2, 0) is 21.2 Å². The Morgan fingerprint density at radius 1 is 1.19 bits per heavy atom. The molecule has 3 aromatic rings. The molecular weight excluding hydrogens is 433 g/mol. The Morgan fingerprint density at radius 2 is 1.94 bits per heavy atom. The number of carbonyl (C=O) groups is 1. The van der Waals surface area contributed by atoms with Crippen LogP contribution in [0.5, 0.6) is 0 Å². The smallest absolute Gasteiger partial charge is 0.251 e. The second-order valence-electron chi connectivity index (χ2n) is 8.12. The van der Waals surface area contributed by atoms with Crippen molar-refractivity contribution in [2.75, 3.05) is 19.6 Å². The van der Waals surface area contributed by atoms with Crippen LogP contribution in [0.2, 0.25) is 0 Å². The van der Waals surface area contributed by atoms with Gasteiger partial charge in [0.15, 0.2) is 0 Å². The van der Waals surface area contributed by atoms with Crippen molar-refractivity contribution in [1.29, 1.82) is 0 Å². The largest absolute Gasteiger partial charge is 0.373 e. The summed E-state index contributed by atoms with van der Waals surface area (Å²) >= 11 is 0. The summed E-state index contributed by atoms with van der Waals surface area (Å²) in [6, 6.07) is 10.6. The lowest BCUT2D eigenvalue weighted by atomic mass is 10.1. The average molecular weight is 460 g/mol. The lowest BCUT2D eigenvalue weighted by Crippen LogP contribution is -2.48. The van der Waals surface area contributed by atoms with Gasteiger partial charge in [-0.3, -0.25) is 4.79 Å². The third kappa shape index (κ3) is 4.69. The Kier molecular flexibility index (Phi) is 6.32. The van der Waals surface area contributed by atoms with Gasteiger partial charge in [-0.25, -0.2) is 12.8 Å². The minimum Gasteiger partial charge on any atom is -0.373 e. The Balaban J connectivity index is 1.43. The number of fused-ring (bicyclic) bond motifs is 1. The van der Waals surface area contributed by atoms with Gasteiger partial charge in [-0.05, 0) is 62.2 Å². The number of nitrogens with one attached hydrogen (secondary N) is 2. The van der Waals surface area contributed by atoms with Crippen LogP contribution in [0.15, 0.2) is 53.6 Å². The molecule has 1 aliphatic heterocycles. The van der Waals surface area contributed by atoms with E-state index >= 15 is 0 Å². The molecule has 0 aliphatic carbocycles. The van der Waals surface area contributed by atoms with Crippen molar-refractivity contribution in [3.63, 3.8) is 0 Å². The summed E-state index contributed by atoms with van der Waals surface area (Å²) in [5.41, 5.74) is 1.95. The van der Waals surface area contributed by atoms with Crippen molar-refractivity contribution in [2.45, 2.75) is 37.4 Å². The summed E-state index contributed by atoms with van der Waals surface area (Å²) in [5.74, 6) is -0.660. The predicted molar refractivity (Wildman–Crippen MR) is 120 cm³/mol. The summed E-state index contributed by atoms with van der Waals surface area (Å²) in [5, 5.41) is 3.74. The van der Waals surface area contributed by atoms with Crippen LogP contribution in [0, 0.1) is 5.82 Å². The van der Waals surface area contributed by atoms with E-state index in [9.17, 15) is 17.6 Å². The number of carbonyl (C=O) groups excluding carboxylic acids is 1. The number of morpholine rings is 1. The van der Waals surface area contributed by atoms with Gasteiger partial charge in [0.2, 0.25) is 10.0 Å². The maximum Gasteiger partial charge on any atom is 0.251 e. The molecule has 1 saturated heterocycles. The quantitative estimate of drug-likeness (QED) is 0.593. The van der Waals surface area contributed by atoms with Gasteiger partial charge in [0.05, 0.1) is 17.1 Å². The number of rotatable bonds is 6. The summed E-state index contributed by atoms with van der Waals surface area (Å²) < 4.78 is 46.5. The third-order valence-corrected chi connectivity index (χ3v) is 7.36. The molecule has 1 aliphatic rings. The molecule has 2 N–H and O–H groups in total. The number of H-pyrrole nitrogens is 1. The third-order valence-electron chi connectivity index (χ3n) is 5.53. The molecule has 0 bridgehead atoms. The number of ether oxygens (including phenoxy) is 1. The van der Waals surface area contributed by atoms with E-state index in [1.807, 2.05) is 13.8 Å². The van der Waals surface area contributed by atoms with Crippen molar-refractivity contribution in [3.8, 4) is 0 Å². The van der Waals surface area contributed by atoms with Gasteiger partial charge >= 0.3 is 0 Å². The first-order valence-corrected chi connectivity index (χ1v) is 12.0. The molecule has 0 spiro atoms. The van der Waals surface area contributed by atoms with Crippen LogP contribution < -0.4 is 5.32 Å². The van der Waals surface area contributed by atoms with Gasteiger partial charge in [0.1, 0.15) is 5.82 Å². The van der Waals surface area contributed by atoms with Gasteiger partial charge in [-0.15, -0.1) is 0 Å². The first kappa shape index (κ1) is 22.4. The molecule has 0 radical (unpaired) electrons. The van der Waals surface area contributed by atoms with Crippen molar-refractivity contribution < 1.29 is 22.3 Å². The molecule has 170 valence electrons. The number of benzene rings is 2.